The van der Waals surface area contributed by atoms with E-state index >= 15 is 0 Å². The second-order valence-electron chi connectivity index (χ2n) is 5.50. The first-order valence-corrected chi connectivity index (χ1v) is 9.34. The molecular formula is C17H18N4OS2. The molecule has 0 spiro atoms. The van der Waals surface area contributed by atoms with Crippen LogP contribution < -0.4 is 0 Å². The summed E-state index contributed by atoms with van der Waals surface area (Å²) in [6, 6.07) is 5.71. The van der Waals surface area contributed by atoms with Crippen LogP contribution in [0, 0.1) is 13.8 Å². The number of fused-ring (bicyclic) bond motifs is 1. The standard InChI is InChI=1S/C17H18N4OS2/c1-11-12(2)24-17-15(11)16(19-10-20-17)23-9-14(22)21(3)8-13-6-4-5-7-18-13/h4-7,10H,8-9H2,1-3H3. The van der Waals surface area contributed by atoms with Crippen LogP contribution in [0.4, 0.5) is 0 Å². The van der Waals surface area contributed by atoms with Crippen molar-refractivity contribution in [2.75, 3.05) is 12.8 Å². The number of aryl methyl sites for hydroxylation is 2. The van der Waals surface area contributed by atoms with Crippen LogP contribution in [0.5, 0.6) is 0 Å². The minimum Gasteiger partial charge on any atom is -0.339 e. The molecule has 0 aliphatic rings. The van der Waals surface area contributed by atoms with Crippen LogP contribution in [0.2, 0.25) is 0 Å². The third-order valence-electron chi connectivity index (χ3n) is 3.81. The van der Waals surface area contributed by atoms with E-state index in [0.29, 0.717) is 12.3 Å². The van der Waals surface area contributed by atoms with Gasteiger partial charge in [-0.1, -0.05) is 17.8 Å². The van der Waals surface area contributed by atoms with Gasteiger partial charge in [0, 0.05) is 23.5 Å². The molecule has 0 aromatic carbocycles. The van der Waals surface area contributed by atoms with Gasteiger partial charge in [0.2, 0.25) is 5.91 Å². The normalized spacial score (nSPS) is 11.0. The van der Waals surface area contributed by atoms with Crippen LogP contribution in [0.1, 0.15) is 16.1 Å². The summed E-state index contributed by atoms with van der Waals surface area (Å²) in [5.74, 6) is 0.408. The van der Waals surface area contributed by atoms with E-state index in [4.69, 9.17) is 0 Å². The summed E-state index contributed by atoms with van der Waals surface area (Å²) in [6.07, 6.45) is 3.31. The van der Waals surface area contributed by atoms with E-state index in [2.05, 4.69) is 28.8 Å². The summed E-state index contributed by atoms with van der Waals surface area (Å²) in [4.78, 5) is 29.3. The maximum absolute atomic E-state index is 12.4. The second-order valence-corrected chi connectivity index (χ2v) is 7.67. The molecule has 0 atom stereocenters. The van der Waals surface area contributed by atoms with Gasteiger partial charge < -0.3 is 4.90 Å². The fourth-order valence-electron chi connectivity index (χ4n) is 2.32. The van der Waals surface area contributed by atoms with Crippen LogP contribution >= 0.6 is 23.1 Å². The number of rotatable bonds is 5. The molecule has 3 aromatic heterocycles. The number of carbonyl (C=O) groups is 1. The topological polar surface area (TPSA) is 59.0 Å². The zero-order chi connectivity index (χ0) is 17.1. The Bertz CT molecular complexity index is 864. The Morgan fingerprint density at radius 2 is 2.08 bits per heavy atom. The largest absolute Gasteiger partial charge is 0.339 e. The molecule has 3 rings (SSSR count). The molecule has 0 fully saturated rings. The van der Waals surface area contributed by atoms with Crippen LogP contribution in [-0.2, 0) is 11.3 Å². The lowest BCUT2D eigenvalue weighted by Crippen LogP contribution is -2.28. The molecule has 24 heavy (non-hydrogen) atoms. The lowest BCUT2D eigenvalue weighted by atomic mass is 10.2. The fraction of sp³-hybridized carbons (Fsp3) is 0.294. The second kappa shape index (κ2) is 7.27. The number of pyridine rings is 1. The van der Waals surface area contributed by atoms with E-state index in [1.165, 1.54) is 22.2 Å². The molecule has 0 bridgehead atoms. The predicted octanol–water partition coefficient (Wildman–Crippen LogP) is 3.45. The van der Waals surface area contributed by atoms with Crippen LogP contribution in [0.25, 0.3) is 10.2 Å². The van der Waals surface area contributed by atoms with E-state index in [1.54, 1.807) is 35.8 Å². The van der Waals surface area contributed by atoms with Crippen molar-refractivity contribution in [1.82, 2.24) is 19.9 Å². The molecule has 1 amide bonds. The highest BCUT2D eigenvalue weighted by Crippen LogP contribution is 2.34. The first-order valence-electron chi connectivity index (χ1n) is 7.53. The third kappa shape index (κ3) is 3.57. The van der Waals surface area contributed by atoms with Gasteiger partial charge in [0.1, 0.15) is 16.2 Å². The summed E-state index contributed by atoms with van der Waals surface area (Å²) < 4.78 is 0. The number of nitrogens with zero attached hydrogens (tertiary/aromatic N) is 4. The molecule has 0 N–H and O–H groups in total. The molecule has 0 saturated heterocycles. The van der Waals surface area contributed by atoms with E-state index in [0.717, 1.165) is 20.9 Å². The van der Waals surface area contributed by atoms with Crippen molar-refractivity contribution >= 4 is 39.2 Å². The van der Waals surface area contributed by atoms with Crippen LogP contribution in [0.15, 0.2) is 35.7 Å². The van der Waals surface area contributed by atoms with Crippen molar-refractivity contribution in [3.05, 3.63) is 46.9 Å². The number of amides is 1. The molecule has 0 radical (unpaired) electrons. The summed E-state index contributed by atoms with van der Waals surface area (Å²) in [6.45, 7) is 4.68. The van der Waals surface area contributed by atoms with E-state index in [-0.39, 0.29) is 5.91 Å². The smallest absolute Gasteiger partial charge is 0.233 e. The Labute approximate surface area is 149 Å². The lowest BCUT2D eigenvalue weighted by molar-refractivity contribution is -0.127. The highest BCUT2D eigenvalue weighted by Gasteiger charge is 2.15. The number of thiophene rings is 1. The minimum atomic E-state index is 0.0574. The maximum Gasteiger partial charge on any atom is 0.233 e. The van der Waals surface area contributed by atoms with Crippen molar-refractivity contribution in [1.29, 1.82) is 0 Å². The Kier molecular flexibility index (Phi) is 5.11. The van der Waals surface area contributed by atoms with Gasteiger partial charge in [0.25, 0.3) is 0 Å². The van der Waals surface area contributed by atoms with Crippen molar-refractivity contribution < 1.29 is 4.79 Å². The predicted molar refractivity (Wildman–Crippen MR) is 98.3 cm³/mol. The molecule has 124 valence electrons. The highest BCUT2D eigenvalue weighted by atomic mass is 32.2. The number of thioether (sulfide) groups is 1. The SMILES string of the molecule is Cc1sc2ncnc(SCC(=O)N(C)Cc3ccccn3)c2c1C. The zero-order valence-electron chi connectivity index (χ0n) is 13.8. The Morgan fingerprint density at radius 1 is 1.25 bits per heavy atom. The van der Waals surface area contributed by atoms with Crippen molar-refractivity contribution in [2.45, 2.75) is 25.4 Å². The average Bonchev–Trinajstić information content (AvgIpc) is 2.88. The zero-order valence-corrected chi connectivity index (χ0v) is 15.4. The van der Waals surface area contributed by atoms with E-state index in [1.807, 2.05) is 18.2 Å². The number of aromatic nitrogens is 3. The first kappa shape index (κ1) is 16.9. The minimum absolute atomic E-state index is 0.0574. The number of carbonyl (C=O) groups excluding carboxylic acids is 1. The maximum atomic E-state index is 12.4. The van der Waals surface area contributed by atoms with E-state index < -0.39 is 0 Å². The molecular weight excluding hydrogens is 340 g/mol. The Balaban J connectivity index is 1.68. The van der Waals surface area contributed by atoms with Crippen LogP contribution in [0.3, 0.4) is 0 Å². The summed E-state index contributed by atoms with van der Waals surface area (Å²) in [7, 11) is 1.80. The Morgan fingerprint density at radius 3 is 2.83 bits per heavy atom. The monoisotopic (exact) mass is 358 g/mol. The summed E-state index contributed by atoms with van der Waals surface area (Å²) in [5, 5.41) is 1.95. The van der Waals surface area contributed by atoms with Gasteiger partial charge in [-0.15, -0.1) is 11.3 Å². The molecule has 0 aliphatic heterocycles. The lowest BCUT2D eigenvalue weighted by Gasteiger charge is -2.16. The van der Waals surface area contributed by atoms with Crippen molar-refractivity contribution in [3.8, 4) is 0 Å². The summed E-state index contributed by atoms with van der Waals surface area (Å²) >= 11 is 3.14. The van der Waals surface area contributed by atoms with Gasteiger partial charge in [-0.3, -0.25) is 9.78 Å². The third-order valence-corrected chi connectivity index (χ3v) is 5.90. The molecule has 0 aliphatic carbocycles. The molecule has 7 heteroatoms. The molecule has 0 saturated carbocycles. The van der Waals surface area contributed by atoms with Crippen molar-refractivity contribution in [2.24, 2.45) is 0 Å². The highest BCUT2D eigenvalue weighted by molar-refractivity contribution is 8.00. The molecule has 0 unspecified atom stereocenters. The quantitative estimate of drug-likeness (QED) is 0.516. The van der Waals surface area contributed by atoms with Gasteiger partial charge in [0.15, 0.2) is 0 Å². The van der Waals surface area contributed by atoms with E-state index in [9.17, 15) is 4.79 Å². The van der Waals surface area contributed by atoms with Crippen molar-refractivity contribution in [3.63, 3.8) is 0 Å². The molecule has 3 heterocycles. The van der Waals surface area contributed by atoms with Gasteiger partial charge in [-0.2, -0.15) is 0 Å². The van der Waals surface area contributed by atoms with Gasteiger partial charge in [0.05, 0.1) is 18.0 Å². The number of hydrogen-bond acceptors (Lipinski definition) is 6. The Hall–Kier alpha value is -1.99. The first-order chi connectivity index (χ1) is 11.6. The number of hydrogen-bond donors (Lipinski definition) is 0. The fourth-order valence-corrected chi connectivity index (χ4v) is 4.38. The molecule has 3 aromatic rings. The van der Waals surface area contributed by atoms with Gasteiger partial charge in [-0.05, 0) is 31.5 Å². The molecule has 5 nitrogen and oxygen atoms in total. The summed E-state index contributed by atoms with van der Waals surface area (Å²) in [5.41, 5.74) is 2.08. The van der Waals surface area contributed by atoms with Gasteiger partial charge in [-0.25, -0.2) is 9.97 Å². The van der Waals surface area contributed by atoms with Gasteiger partial charge >= 0.3 is 0 Å². The van der Waals surface area contributed by atoms with Crippen LogP contribution in [-0.4, -0.2) is 38.6 Å². The average molecular weight is 358 g/mol.